The minimum absolute atomic E-state index is 0.0642. The number of carboxylic acids is 1. The number of carbonyl (C=O) groups excluding carboxylic acids is 1. The number of ketones is 1. The summed E-state index contributed by atoms with van der Waals surface area (Å²) in [6.07, 6.45) is 0.883. The van der Waals surface area contributed by atoms with Gasteiger partial charge in [0.1, 0.15) is 0 Å². The highest BCUT2D eigenvalue weighted by molar-refractivity contribution is 7.90. The Hall–Kier alpha value is -2.99. The van der Waals surface area contributed by atoms with Crippen molar-refractivity contribution in [3.05, 3.63) is 77.4 Å². The molecule has 0 bridgehead atoms. The van der Waals surface area contributed by atoms with Gasteiger partial charge in [-0.1, -0.05) is 42.5 Å². The van der Waals surface area contributed by atoms with Gasteiger partial charge in [0, 0.05) is 17.4 Å². The Labute approximate surface area is 150 Å². The molecule has 0 aliphatic carbocycles. The average molecular weight is 368 g/mol. The predicted octanol–water partition coefficient (Wildman–Crippen LogP) is 3.10. The molecule has 3 aromatic carbocycles. The first-order valence-electron chi connectivity index (χ1n) is 7.84. The molecule has 0 aliphatic rings. The highest BCUT2D eigenvalue weighted by Gasteiger charge is 2.17. The number of aliphatic carboxylic acids is 1. The van der Waals surface area contributed by atoms with E-state index in [9.17, 15) is 18.0 Å². The van der Waals surface area contributed by atoms with Crippen molar-refractivity contribution in [2.45, 2.75) is 11.3 Å². The third-order valence-corrected chi connectivity index (χ3v) is 5.16. The number of carbonyl (C=O) groups is 2. The van der Waals surface area contributed by atoms with Crippen LogP contribution in [0.3, 0.4) is 0 Å². The Morgan fingerprint density at radius 2 is 1.69 bits per heavy atom. The molecule has 1 N–H and O–H groups in total. The summed E-state index contributed by atoms with van der Waals surface area (Å²) in [4.78, 5) is 24.2. The van der Waals surface area contributed by atoms with Gasteiger partial charge in [-0.05, 0) is 34.5 Å². The molecule has 0 heterocycles. The zero-order chi connectivity index (χ0) is 18.9. The van der Waals surface area contributed by atoms with Gasteiger partial charge in [-0.2, -0.15) is 0 Å². The van der Waals surface area contributed by atoms with E-state index in [1.807, 2.05) is 12.1 Å². The lowest BCUT2D eigenvalue weighted by atomic mass is 9.94. The number of fused-ring (bicyclic) bond motifs is 1. The van der Waals surface area contributed by atoms with Crippen molar-refractivity contribution >= 4 is 32.4 Å². The Bertz CT molecular complexity index is 1130. The monoisotopic (exact) mass is 368 g/mol. The summed E-state index contributed by atoms with van der Waals surface area (Å²) in [5.41, 5.74) is 1.11. The van der Waals surface area contributed by atoms with E-state index >= 15 is 0 Å². The molecule has 3 rings (SSSR count). The van der Waals surface area contributed by atoms with E-state index in [2.05, 4.69) is 0 Å². The van der Waals surface area contributed by atoms with Gasteiger partial charge in [0.05, 0.1) is 11.3 Å². The molecule has 0 atom stereocenters. The van der Waals surface area contributed by atoms with E-state index < -0.39 is 15.8 Å². The molecule has 0 aliphatic heterocycles. The van der Waals surface area contributed by atoms with Crippen LogP contribution in [0.4, 0.5) is 0 Å². The van der Waals surface area contributed by atoms with Crippen LogP contribution in [0.5, 0.6) is 0 Å². The maximum Gasteiger partial charge on any atom is 0.307 e. The lowest BCUT2D eigenvalue weighted by molar-refractivity contribution is -0.136. The van der Waals surface area contributed by atoms with Crippen LogP contribution in [0, 0.1) is 0 Å². The van der Waals surface area contributed by atoms with E-state index in [-0.39, 0.29) is 22.7 Å². The second-order valence-corrected chi connectivity index (χ2v) is 8.08. The van der Waals surface area contributed by atoms with E-state index in [1.165, 1.54) is 18.2 Å². The average Bonchev–Trinajstić information content (AvgIpc) is 2.59. The van der Waals surface area contributed by atoms with Crippen LogP contribution in [0.25, 0.3) is 10.8 Å². The van der Waals surface area contributed by atoms with Gasteiger partial charge < -0.3 is 5.11 Å². The van der Waals surface area contributed by atoms with E-state index in [1.54, 1.807) is 30.3 Å². The molecule has 0 saturated heterocycles. The largest absolute Gasteiger partial charge is 0.481 e. The van der Waals surface area contributed by atoms with E-state index in [0.717, 1.165) is 11.6 Å². The quantitative estimate of drug-likeness (QED) is 0.699. The van der Waals surface area contributed by atoms with Gasteiger partial charge in [-0.15, -0.1) is 0 Å². The summed E-state index contributed by atoms with van der Waals surface area (Å²) >= 11 is 0. The SMILES string of the molecule is CS(=O)(=O)c1cccc(C(=O)c2cc(CC(=O)O)cc3ccccc23)c1. The molecule has 26 heavy (non-hydrogen) atoms. The molecule has 0 spiro atoms. The third kappa shape index (κ3) is 3.65. The molecule has 0 saturated carbocycles. The Kier molecular flexibility index (Phi) is 4.61. The first-order chi connectivity index (χ1) is 12.3. The summed E-state index contributed by atoms with van der Waals surface area (Å²) in [5.74, 6) is -1.34. The zero-order valence-electron chi connectivity index (χ0n) is 14.0. The third-order valence-electron chi connectivity index (χ3n) is 4.05. The van der Waals surface area contributed by atoms with Crippen molar-refractivity contribution < 1.29 is 23.1 Å². The Balaban J connectivity index is 2.18. The number of hydrogen-bond acceptors (Lipinski definition) is 4. The van der Waals surface area contributed by atoms with Crippen molar-refractivity contribution in [3.8, 4) is 0 Å². The summed E-state index contributed by atoms with van der Waals surface area (Å²) in [6, 6.07) is 16.4. The molecule has 0 aromatic heterocycles. The van der Waals surface area contributed by atoms with Gasteiger partial charge in [-0.25, -0.2) is 8.42 Å². The molecular formula is C20H16O5S. The maximum atomic E-state index is 13.0. The van der Waals surface area contributed by atoms with E-state index in [4.69, 9.17) is 5.11 Å². The normalized spacial score (nSPS) is 11.4. The van der Waals surface area contributed by atoms with Gasteiger partial charge in [0.15, 0.2) is 15.6 Å². The van der Waals surface area contributed by atoms with Gasteiger partial charge >= 0.3 is 5.97 Å². The highest BCUT2D eigenvalue weighted by Crippen LogP contribution is 2.25. The van der Waals surface area contributed by atoms with Crippen molar-refractivity contribution in [2.24, 2.45) is 0 Å². The van der Waals surface area contributed by atoms with Gasteiger partial charge in [-0.3, -0.25) is 9.59 Å². The van der Waals surface area contributed by atoms with Crippen LogP contribution in [0.1, 0.15) is 21.5 Å². The summed E-state index contributed by atoms with van der Waals surface area (Å²) < 4.78 is 23.5. The van der Waals surface area contributed by atoms with Crippen LogP contribution in [0.2, 0.25) is 0 Å². The van der Waals surface area contributed by atoms with Crippen molar-refractivity contribution in [2.75, 3.05) is 6.26 Å². The molecular weight excluding hydrogens is 352 g/mol. The molecule has 0 radical (unpaired) electrons. The molecule has 0 unspecified atom stereocenters. The molecule has 0 fully saturated rings. The fourth-order valence-electron chi connectivity index (χ4n) is 2.86. The summed E-state index contributed by atoms with van der Waals surface area (Å²) in [6.45, 7) is 0. The van der Waals surface area contributed by atoms with Gasteiger partial charge in [0.25, 0.3) is 0 Å². The van der Waals surface area contributed by atoms with Crippen molar-refractivity contribution in [1.29, 1.82) is 0 Å². The predicted molar refractivity (Wildman–Crippen MR) is 98.3 cm³/mol. The number of hydrogen-bond donors (Lipinski definition) is 1. The molecule has 132 valence electrons. The standard InChI is InChI=1S/C20H16O5S/c1-26(24,25)16-7-4-6-15(12-16)20(23)18-10-13(11-19(21)22)9-14-5-2-3-8-17(14)18/h2-10,12H,11H2,1H3,(H,21,22). The van der Waals surface area contributed by atoms with Crippen LogP contribution in [0.15, 0.2) is 65.6 Å². The first-order valence-corrected chi connectivity index (χ1v) is 9.73. The molecule has 0 amide bonds. The van der Waals surface area contributed by atoms with Crippen molar-refractivity contribution in [3.63, 3.8) is 0 Å². The van der Waals surface area contributed by atoms with Crippen molar-refractivity contribution in [1.82, 2.24) is 0 Å². The number of sulfone groups is 1. The van der Waals surface area contributed by atoms with Crippen LogP contribution >= 0.6 is 0 Å². The fourth-order valence-corrected chi connectivity index (χ4v) is 3.53. The Morgan fingerprint density at radius 1 is 0.962 bits per heavy atom. The minimum atomic E-state index is -3.44. The molecule has 3 aromatic rings. The topological polar surface area (TPSA) is 88.5 Å². The van der Waals surface area contributed by atoms with Crippen LogP contribution in [-0.2, 0) is 21.1 Å². The summed E-state index contributed by atoms with van der Waals surface area (Å²) in [5, 5.41) is 10.5. The number of carboxylic acid groups (broad SMARTS) is 1. The second kappa shape index (κ2) is 6.72. The molecule has 5 nitrogen and oxygen atoms in total. The van der Waals surface area contributed by atoms with E-state index in [0.29, 0.717) is 16.5 Å². The first kappa shape index (κ1) is 17.8. The van der Waals surface area contributed by atoms with Gasteiger partial charge in [0.2, 0.25) is 0 Å². The lowest BCUT2D eigenvalue weighted by Gasteiger charge is -2.10. The number of benzene rings is 3. The fraction of sp³-hybridized carbons (Fsp3) is 0.100. The smallest absolute Gasteiger partial charge is 0.307 e. The maximum absolute atomic E-state index is 13.0. The summed E-state index contributed by atoms with van der Waals surface area (Å²) in [7, 11) is -3.44. The lowest BCUT2D eigenvalue weighted by Crippen LogP contribution is -2.07. The number of rotatable bonds is 5. The van der Waals surface area contributed by atoms with Crippen LogP contribution < -0.4 is 0 Å². The minimum Gasteiger partial charge on any atom is -0.481 e. The molecule has 6 heteroatoms. The second-order valence-electron chi connectivity index (χ2n) is 6.06. The van der Waals surface area contributed by atoms with Crippen LogP contribution in [-0.4, -0.2) is 31.5 Å². The Morgan fingerprint density at radius 3 is 2.38 bits per heavy atom. The highest BCUT2D eigenvalue weighted by atomic mass is 32.2. The zero-order valence-corrected chi connectivity index (χ0v) is 14.8.